The fourth-order valence-corrected chi connectivity index (χ4v) is 4.00. The highest BCUT2D eigenvalue weighted by Crippen LogP contribution is 2.28. The first-order chi connectivity index (χ1) is 18.7. The van der Waals surface area contributed by atoms with Crippen LogP contribution >= 0.6 is 0 Å². The molecule has 0 radical (unpaired) electrons. The smallest absolute Gasteiger partial charge is 0.497 e. The number of nitrogens with zero attached hydrogens (tertiary/aromatic N) is 3. The topological polar surface area (TPSA) is 80.6 Å². The second-order valence-corrected chi connectivity index (χ2v) is 8.64. The molecule has 8 nitrogen and oxygen atoms in total. The van der Waals surface area contributed by atoms with E-state index in [-0.39, 0.29) is 18.1 Å². The molecule has 4 aromatic rings. The Hall–Kier alpha value is -4.54. The normalized spacial score (nSPS) is 11.2. The van der Waals surface area contributed by atoms with Crippen molar-refractivity contribution in [2.75, 3.05) is 25.7 Å². The molecule has 0 saturated carbocycles. The molecular weight excluding hydrogens is 513 g/mol. The first kappa shape index (κ1) is 27.5. The molecule has 1 N–H and O–H groups in total. The minimum absolute atomic E-state index is 0.204. The summed E-state index contributed by atoms with van der Waals surface area (Å²) in [6, 6.07) is 20.8. The predicted molar refractivity (Wildman–Crippen MR) is 138 cm³/mol. The van der Waals surface area contributed by atoms with Gasteiger partial charge in [0.15, 0.2) is 0 Å². The molecule has 0 aliphatic carbocycles. The fraction of sp³-hybridized carbons (Fsp3) is 0.250. The molecule has 0 aliphatic rings. The number of esters is 1. The van der Waals surface area contributed by atoms with E-state index in [0.717, 1.165) is 28.1 Å². The minimum Gasteiger partial charge on any atom is -0.497 e. The molecular formula is C28H28F3N4O4+. The number of carbonyl (C=O) groups is 1. The Bertz CT molecular complexity index is 1390. The maximum absolute atomic E-state index is 12.6. The van der Waals surface area contributed by atoms with Gasteiger partial charge in [-0.3, -0.25) is 0 Å². The van der Waals surface area contributed by atoms with Gasteiger partial charge in [-0.15, -0.1) is 13.2 Å². The number of alkyl halides is 3. The van der Waals surface area contributed by atoms with Gasteiger partial charge >= 0.3 is 18.0 Å². The second kappa shape index (κ2) is 11.9. The Morgan fingerprint density at radius 2 is 1.54 bits per heavy atom. The monoisotopic (exact) mass is 541 g/mol. The number of methoxy groups -OCH3 is 1. The van der Waals surface area contributed by atoms with Crippen LogP contribution in [-0.2, 0) is 17.8 Å². The summed E-state index contributed by atoms with van der Waals surface area (Å²) in [5.74, 6) is -0.0449. The van der Waals surface area contributed by atoms with Crippen molar-refractivity contribution in [3.8, 4) is 22.6 Å². The largest absolute Gasteiger partial charge is 0.573 e. The lowest BCUT2D eigenvalue weighted by Crippen LogP contribution is -2.42. The summed E-state index contributed by atoms with van der Waals surface area (Å²) in [7, 11) is 3.49. The Morgan fingerprint density at radius 1 is 0.949 bits per heavy atom. The number of rotatable bonds is 10. The molecule has 0 atom stereocenters. The maximum atomic E-state index is 12.6. The molecule has 204 valence electrons. The molecule has 0 bridgehead atoms. The highest BCUT2D eigenvalue weighted by Gasteiger charge is 2.31. The van der Waals surface area contributed by atoms with Gasteiger partial charge in [0.1, 0.15) is 18.0 Å². The lowest BCUT2D eigenvalue weighted by atomic mass is 10.1. The average Bonchev–Trinajstić information content (AvgIpc) is 3.30. The van der Waals surface area contributed by atoms with Crippen LogP contribution in [0, 0.1) is 0 Å². The van der Waals surface area contributed by atoms with Crippen molar-refractivity contribution in [3.63, 3.8) is 0 Å². The van der Waals surface area contributed by atoms with Crippen LogP contribution in [0.3, 0.4) is 0 Å². The number of ether oxygens (including phenoxy) is 3. The number of hydrogen-bond acceptors (Lipinski definition) is 6. The number of benzene rings is 3. The summed E-state index contributed by atoms with van der Waals surface area (Å²) >= 11 is 0. The minimum atomic E-state index is -4.73. The van der Waals surface area contributed by atoms with Gasteiger partial charge in [-0.2, -0.15) is 4.68 Å². The summed E-state index contributed by atoms with van der Waals surface area (Å²) in [5, 5.41) is 7.15. The number of aromatic nitrogens is 3. The zero-order valence-corrected chi connectivity index (χ0v) is 21.7. The predicted octanol–water partition coefficient (Wildman–Crippen LogP) is 5.13. The quantitative estimate of drug-likeness (QED) is 0.222. The zero-order chi connectivity index (χ0) is 28.0. The van der Waals surface area contributed by atoms with Gasteiger partial charge in [-0.05, 0) is 60.0 Å². The van der Waals surface area contributed by atoms with Crippen LogP contribution in [-0.4, -0.2) is 43.4 Å². The number of aromatic amines is 1. The summed E-state index contributed by atoms with van der Waals surface area (Å²) in [6.07, 6.45) is -4.73. The first-order valence-electron chi connectivity index (χ1n) is 12.1. The van der Waals surface area contributed by atoms with Gasteiger partial charge in [0.25, 0.3) is 0 Å². The van der Waals surface area contributed by atoms with Gasteiger partial charge in [0.05, 0.1) is 25.4 Å². The van der Waals surface area contributed by atoms with Crippen molar-refractivity contribution in [2.45, 2.75) is 26.4 Å². The molecule has 0 amide bonds. The van der Waals surface area contributed by atoms with Crippen LogP contribution in [0.25, 0.3) is 11.1 Å². The SMILES string of the molecule is CCOC(=O)c1n[nH][n+](Cc2ccc(OC)cc2)c1CN(C)c1ccc(-c2ccc(OC(F)(F)F)cc2)cc1. The fourth-order valence-electron chi connectivity index (χ4n) is 4.00. The van der Waals surface area contributed by atoms with E-state index in [0.29, 0.717) is 18.8 Å². The van der Waals surface area contributed by atoms with E-state index in [1.807, 2.05) is 60.5 Å². The number of nitrogens with one attached hydrogen (secondary N) is 1. The first-order valence-corrected chi connectivity index (χ1v) is 12.1. The molecule has 11 heteroatoms. The number of anilines is 1. The molecule has 0 fully saturated rings. The highest BCUT2D eigenvalue weighted by molar-refractivity contribution is 5.88. The Balaban J connectivity index is 1.52. The van der Waals surface area contributed by atoms with Crippen LogP contribution in [0.2, 0.25) is 0 Å². The van der Waals surface area contributed by atoms with Crippen LogP contribution in [0.15, 0.2) is 72.8 Å². The molecule has 0 spiro atoms. The zero-order valence-electron chi connectivity index (χ0n) is 21.7. The van der Waals surface area contributed by atoms with E-state index >= 15 is 0 Å². The maximum Gasteiger partial charge on any atom is 0.573 e. The van der Waals surface area contributed by atoms with Crippen molar-refractivity contribution in [3.05, 3.63) is 89.7 Å². The molecule has 39 heavy (non-hydrogen) atoms. The van der Waals surface area contributed by atoms with E-state index in [1.165, 1.54) is 12.1 Å². The third-order valence-corrected chi connectivity index (χ3v) is 5.97. The van der Waals surface area contributed by atoms with Crippen molar-refractivity contribution < 1.29 is 36.9 Å². The van der Waals surface area contributed by atoms with E-state index in [1.54, 1.807) is 30.8 Å². The van der Waals surface area contributed by atoms with Crippen molar-refractivity contribution >= 4 is 11.7 Å². The van der Waals surface area contributed by atoms with Gasteiger partial charge in [-0.25, -0.2) is 4.79 Å². The van der Waals surface area contributed by atoms with E-state index < -0.39 is 12.3 Å². The van der Waals surface area contributed by atoms with Gasteiger partial charge < -0.3 is 19.1 Å². The Morgan fingerprint density at radius 3 is 2.10 bits per heavy atom. The summed E-state index contributed by atoms with van der Waals surface area (Å²) in [4.78, 5) is 14.6. The van der Waals surface area contributed by atoms with Crippen LogP contribution < -0.4 is 19.1 Å². The Kier molecular flexibility index (Phi) is 8.38. The lowest BCUT2D eigenvalue weighted by molar-refractivity contribution is -0.752. The number of halogens is 3. The van der Waals surface area contributed by atoms with Gasteiger partial charge in [0, 0.05) is 12.7 Å². The highest BCUT2D eigenvalue weighted by atomic mass is 19.4. The third kappa shape index (κ3) is 7.07. The summed E-state index contributed by atoms with van der Waals surface area (Å²) in [6.45, 7) is 2.76. The van der Waals surface area contributed by atoms with Crippen molar-refractivity contribution in [1.82, 2.24) is 10.3 Å². The number of H-pyrrole nitrogens is 1. The summed E-state index contributed by atoms with van der Waals surface area (Å²) in [5.41, 5.74) is 4.28. The lowest BCUT2D eigenvalue weighted by Gasteiger charge is -2.19. The van der Waals surface area contributed by atoms with E-state index in [4.69, 9.17) is 9.47 Å². The second-order valence-electron chi connectivity index (χ2n) is 8.64. The van der Waals surface area contributed by atoms with Crippen LogP contribution in [0.5, 0.6) is 11.5 Å². The van der Waals surface area contributed by atoms with Crippen molar-refractivity contribution in [1.29, 1.82) is 0 Å². The van der Waals surface area contributed by atoms with Crippen LogP contribution in [0.4, 0.5) is 18.9 Å². The molecule has 0 unspecified atom stereocenters. The third-order valence-electron chi connectivity index (χ3n) is 5.97. The molecule has 1 aromatic heterocycles. The summed E-state index contributed by atoms with van der Waals surface area (Å²) < 4.78 is 53.4. The number of hydrogen-bond donors (Lipinski definition) is 1. The van der Waals surface area contributed by atoms with Gasteiger partial charge in [-0.1, -0.05) is 41.6 Å². The molecule has 3 aromatic carbocycles. The van der Waals surface area contributed by atoms with E-state index in [9.17, 15) is 18.0 Å². The Labute approximate surface area is 223 Å². The molecule has 0 saturated heterocycles. The molecule has 4 rings (SSSR count). The average molecular weight is 542 g/mol. The number of carbonyl (C=O) groups excluding carboxylic acids is 1. The van der Waals surface area contributed by atoms with Gasteiger partial charge in [0.2, 0.25) is 5.69 Å². The molecule has 1 heterocycles. The molecule has 0 aliphatic heterocycles. The van der Waals surface area contributed by atoms with E-state index in [2.05, 4.69) is 15.0 Å². The standard InChI is InChI=1S/C28H27F3N4O4/c1-4-38-27(36)26-25(35(33-32-26)17-19-5-13-23(37-3)14-6-19)18-34(2)22-11-7-20(8-12-22)21-9-15-24(16-10-21)39-28(29,30)31/h5-16H,4,17-18H2,1-3H3/p+1. The van der Waals surface area contributed by atoms with Crippen molar-refractivity contribution in [2.24, 2.45) is 0 Å². The van der Waals surface area contributed by atoms with Crippen LogP contribution in [0.1, 0.15) is 28.7 Å².